The van der Waals surface area contributed by atoms with Crippen molar-refractivity contribution < 1.29 is 13.6 Å². The van der Waals surface area contributed by atoms with Gasteiger partial charge in [0, 0.05) is 11.1 Å². The lowest BCUT2D eigenvalue weighted by atomic mass is 10.1. The van der Waals surface area contributed by atoms with Crippen molar-refractivity contribution in [3.8, 4) is 11.3 Å². The molecule has 2 heterocycles. The van der Waals surface area contributed by atoms with E-state index in [2.05, 4.69) is 10.2 Å². The Morgan fingerprint density at radius 1 is 1.23 bits per heavy atom. The molecule has 0 spiro atoms. The van der Waals surface area contributed by atoms with Gasteiger partial charge < -0.3 is 4.42 Å². The Labute approximate surface area is 126 Å². The van der Waals surface area contributed by atoms with E-state index in [-0.39, 0.29) is 11.6 Å². The highest BCUT2D eigenvalue weighted by Crippen LogP contribution is 2.22. The molecular weight excluding hydrogens is 283 g/mol. The van der Waals surface area contributed by atoms with E-state index in [0.29, 0.717) is 11.5 Å². The molecule has 0 fully saturated rings. The van der Waals surface area contributed by atoms with Gasteiger partial charge in [-0.3, -0.25) is 9.89 Å². The molecule has 1 aromatic carbocycles. The number of furan rings is 1. The second-order valence-electron chi connectivity index (χ2n) is 4.82. The second-order valence-corrected chi connectivity index (χ2v) is 4.82. The number of nitrogens with one attached hydrogen (secondary N) is 1. The fourth-order valence-electron chi connectivity index (χ4n) is 2.08. The molecule has 0 atom stereocenters. The Morgan fingerprint density at radius 2 is 2.00 bits per heavy atom. The summed E-state index contributed by atoms with van der Waals surface area (Å²) in [6, 6.07) is 9.43. The molecule has 0 saturated carbocycles. The molecule has 1 N–H and O–H groups in total. The first-order valence-electron chi connectivity index (χ1n) is 6.71. The molecule has 3 rings (SSSR count). The van der Waals surface area contributed by atoms with Crippen LogP contribution in [0.2, 0.25) is 0 Å². The molecule has 4 nitrogen and oxygen atoms in total. The Morgan fingerprint density at radius 3 is 2.68 bits per heavy atom. The summed E-state index contributed by atoms with van der Waals surface area (Å²) in [6.07, 6.45) is 4.69. The summed E-state index contributed by atoms with van der Waals surface area (Å²) in [4.78, 5) is 12.0. The van der Waals surface area contributed by atoms with E-state index in [1.807, 2.05) is 0 Å². The van der Waals surface area contributed by atoms with Crippen molar-refractivity contribution in [2.75, 3.05) is 0 Å². The van der Waals surface area contributed by atoms with Crippen LogP contribution >= 0.6 is 0 Å². The van der Waals surface area contributed by atoms with Crippen molar-refractivity contribution >= 4 is 11.9 Å². The SMILES string of the molecule is Cc1ccc(C(=O)C=Cc2cn[nH]c2-c2ccc(F)cc2)o1. The van der Waals surface area contributed by atoms with Gasteiger partial charge in [0.25, 0.3) is 0 Å². The largest absolute Gasteiger partial charge is 0.458 e. The van der Waals surface area contributed by atoms with Crippen LogP contribution in [0.5, 0.6) is 0 Å². The summed E-state index contributed by atoms with van der Waals surface area (Å²) >= 11 is 0. The van der Waals surface area contributed by atoms with E-state index in [1.165, 1.54) is 18.2 Å². The number of hydrogen-bond acceptors (Lipinski definition) is 3. The number of ketones is 1. The number of H-pyrrole nitrogens is 1. The molecule has 3 aromatic rings. The minimum atomic E-state index is -0.302. The molecule has 110 valence electrons. The van der Waals surface area contributed by atoms with E-state index in [0.717, 1.165) is 16.8 Å². The van der Waals surface area contributed by atoms with Crippen LogP contribution in [0.25, 0.3) is 17.3 Å². The zero-order chi connectivity index (χ0) is 15.5. The number of hydrogen-bond donors (Lipinski definition) is 1. The molecule has 0 bridgehead atoms. The Kier molecular flexibility index (Phi) is 3.70. The highest BCUT2D eigenvalue weighted by Gasteiger charge is 2.09. The van der Waals surface area contributed by atoms with Gasteiger partial charge in [-0.25, -0.2) is 4.39 Å². The van der Waals surface area contributed by atoms with E-state index in [4.69, 9.17) is 4.42 Å². The summed E-state index contributed by atoms with van der Waals surface area (Å²) in [5.74, 6) is 0.454. The number of aromatic amines is 1. The van der Waals surface area contributed by atoms with Crippen LogP contribution in [0.3, 0.4) is 0 Å². The second kappa shape index (κ2) is 5.81. The van der Waals surface area contributed by atoms with Gasteiger partial charge in [-0.2, -0.15) is 5.10 Å². The molecule has 22 heavy (non-hydrogen) atoms. The number of allylic oxidation sites excluding steroid dienone is 1. The third-order valence-corrected chi connectivity index (χ3v) is 3.20. The average molecular weight is 296 g/mol. The third kappa shape index (κ3) is 2.88. The van der Waals surface area contributed by atoms with Gasteiger partial charge in [0.15, 0.2) is 5.76 Å². The smallest absolute Gasteiger partial charge is 0.221 e. The Balaban J connectivity index is 1.84. The Hall–Kier alpha value is -2.95. The molecule has 0 amide bonds. The predicted octanol–water partition coefficient (Wildman–Crippen LogP) is 4.01. The van der Waals surface area contributed by atoms with Crippen LogP contribution < -0.4 is 0 Å². The lowest BCUT2D eigenvalue weighted by molar-refractivity contribution is 0.102. The molecule has 0 saturated heterocycles. The minimum absolute atomic E-state index is 0.223. The number of aryl methyl sites for hydroxylation is 1. The minimum Gasteiger partial charge on any atom is -0.458 e. The van der Waals surface area contributed by atoms with Gasteiger partial charge >= 0.3 is 0 Å². The number of rotatable bonds is 4. The zero-order valence-electron chi connectivity index (χ0n) is 11.8. The van der Waals surface area contributed by atoms with Crippen LogP contribution in [0, 0.1) is 12.7 Å². The van der Waals surface area contributed by atoms with Crippen molar-refractivity contribution in [3.63, 3.8) is 0 Å². The van der Waals surface area contributed by atoms with Crippen molar-refractivity contribution in [3.05, 3.63) is 71.6 Å². The number of nitrogens with zero attached hydrogens (tertiary/aromatic N) is 1. The monoisotopic (exact) mass is 296 g/mol. The van der Waals surface area contributed by atoms with E-state index < -0.39 is 0 Å². The van der Waals surface area contributed by atoms with Crippen molar-refractivity contribution in [1.29, 1.82) is 0 Å². The van der Waals surface area contributed by atoms with Crippen LogP contribution in [-0.4, -0.2) is 16.0 Å². The molecule has 0 radical (unpaired) electrons. The molecule has 2 aromatic heterocycles. The van der Waals surface area contributed by atoms with Crippen molar-refractivity contribution in [2.24, 2.45) is 0 Å². The van der Waals surface area contributed by atoms with Crippen molar-refractivity contribution in [2.45, 2.75) is 6.92 Å². The fraction of sp³-hybridized carbons (Fsp3) is 0.0588. The normalized spacial score (nSPS) is 11.2. The first-order chi connectivity index (χ1) is 10.6. The fourth-order valence-corrected chi connectivity index (χ4v) is 2.08. The molecule has 5 heteroatoms. The predicted molar refractivity (Wildman–Crippen MR) is 80.8 cm³/mol. The van der Waals surface area contributed by atoms with Gasteiger partial charge in [-0.15, -0.1) is 0 Å². The maximum absolute atomic E-state index is 13.0. The van der Waals surface area contributed by atoms with Gasteiger partial charge in [-0.1, -0.05) is 0 Å². The number of halogens is 1. The van der Waals surface area contributed by atoms with Crippen molar-refractivity contribution in [1.82, 2.24) is 10.2 Å². The molecule has 0 unspecified atom stereocenters. The summed E-state index contributed by atoms with van der Waals surface area (Å²) < 4.78 is 18.3. The summed E-state index contributed by atoms with van der Waals surface area (Å²) in [5.41, 5.74) is 2.25. The molecular formula is C17H13FN2O2. The van der Waals surface area contributed by atoms with Crippen LogP contribution in [0.1, 0.15) is 21.9 Å². The Bertz CT molecular complexity index is 828. The molecule has 0 aliphatic heterocycles. The van der Waals surface area contributed by atoms with E-state index in [1.54, 1.807) is 43.5 Å². The number of carbonyl (C=O) groups excluding carboxylic acids is 1. The summed E-state index contributed by atoms with van der Waals surface area (Å²) in [7, 11) is 0. The number of carbonyl (C=O) groups is 1. The number of benzene rings is 1. The average Bonchev–Trinajstić information content (AvgIpc) is 3.14. The molecule has 0 aliphatic rings. The maximum Gasteiger partial charge on any atom is 0.221 e. The number of aromatic nitrogens is 2. The summed E-state index contributed by atoms with van der Waals surface area (Å²) in [6.45, 7) is 1.78. The first kappa shape index (κ1) is 14.0. The van der Waals surface area contributed by atoms with Gasteiger partial charge in [0.1, 0.15) is 11.6 Å². The van der Waals surface area contributed by atoms with Gasteiger partial charge in [0.2, 0.25) is 5.78 Å². The topological polar surface area (TPSA) is 58.9 Å². The highest BCUT2D eigenvalue weighted by atomic mass is 19.1. The lowest BCUT2D eigenvalue weighted by Gasteiger charge is -1.99. The standard InChI is InChI=1S/C17H13FN2O2/c1-11-2-9-16(22-11)15(21)8-5-13-10-19-20-17(13)12-3-6-14(18)7-4-12/h2-10H,1H3,(H,19,20). The third-order valence-electron chi connectivity index (χ3n) is 3.20. The first-order valence-corrected chi connectivity index (χ1v) is 6.71. The zero-order valence-corrected chi connectivity index (χ0v) is 11.8. The van der Waals surface area contributed by atoms with E-state index >= 15 is 0 Å². The van der Waals surface area contributed by atoms with Crippen LogP contribution in [0.15, 0.2) is 53.1 Å². The highest BCUT2D eigenvalue weighted by molar-refractivity contribution is 6.05. The van der Waals surface area contributed by atoms with Crippen LogP contribution in [-0.2, 0) is 0 Å². The maximum atomic E-state index is 13.0. The van der Waals surface area contributed by atoms with Gasteiger partial charge in [-0.05, 0) is 55.5 Å². The molecule has 0 aliphatic carbocycles. The summed E-state index contributed by atoms with van der Waals surface area (Å²) in [5, 5.41) is 6.82. The van der Waals surface area contributed by atoms with Gasteiger partial charge in [0.05, 0.1) is 11.9 Å². The lowest BCUT2D eigenvalue weighted by Crippen LogP contribution is -1.90. The quantitative estimate of drug-likeness (QED) is 0.584. The van der Waals surface area contributed by atoms with E-state index in [9.17, 15) is 9.18 Å². The van der Waals surface area contributed by atoms with Crippen LogP contribution in [0.4, 0.5) is 4.39 Å².